The van der Waals surface area contributed by atoms with Gasteiger partial charge in [-0.25, -0.2) is 0 Å². The van der Waals surface area contributed by atoms with Crippen LogP contribution in [0.3, 0.4) is 0 Å². The van der Waals surface area contributed by atoms with E-state index in [0.29, 0.717) is 23.4 Å². The average Bonchev–Trinajstić information content (AvgIpc) is 3.49. The van der Waals surface area contributed by atoms with E-state index in [4.69, 9.17) is 5.73 Å². The van der Waals surface area contributed by atoms with Crippen molar-refractivity contribution in [2.45, 2.75) is 23.5 Å². The predicted octanol–water partition coefficient (Wildman–Crippen LogP) is 5.77. The number of anilines is 2. The second kappa shape index (κ2) is 14.1. The number of primary amides is 1. The fourth-order valence-electron chi connectivity index (χ4n) is 3.81. The molecule has 0 radical (unpaired) electrons. The average molecular weight is 585 g/mol. The number of hydrogen-bond donors (Lipinski definition) is 4. The zero-order valence-electron chi connectivity index (χ0n) is 22.1. The van der Waals surface area contributed by atoms with Gasteiger partial charge in [-0.3, -0.25) is 19.2 Å². The first-order chi connectivity index (χ1) is 19.8. The third-order valence-electron chi connectivity index (χ3n) is 5.84. The van der Waals surface area contributed by atoms with E-state index in [-0.39, 0.29) is 17.2 Å². The van der Waals surface area contributed by atoms with E-state index in [2.05, 4.69) is 16.0 Å². The van der Waals surface area contributed by atoms with E-state index < -0.39 is 23.0 Å². The summed E-state index contributed by atoms with van der Waals surface area (Å²) in [7, 11) is 0. The van der Waals surface area contributed by atoms with Gasteiger partial charge in [0.1, 0.15) is 5.70 Å². The predicted molar refractivity (Wildman–Crippen MR) is 165 cm³/mol. The van der Waals surface area contributed by atoms with Crippen molar-refractivity contribution in [3.63, 3.8) is 0 Å². The Kier molecular flexibility index (Phi) is 10.1. The summed E-state index contributed by atoms with van der Waals surface area (Å²) >= 11 is 2.77. The first kappa shape index (κ1) is 29.3. The quantitative estimate of drug-likeness (QED) is 0.131. The summed E-state index contributed by atoms with van der Waals surface area (Å²) in [4.78, 5) is 52.4. The first-order valence-corrected chi connectivity index (χ1v) is 14.5. The van der Waals surface area contributed by atoms with Crippen LogP contribution in [0.5, 0.6) is 0 Å². The molecule has 0 bridgehead atoms. The van der Waals surface area contributed by atoms with Crippen LogP contribution in [0, 0.1) is 0 Å². The van der Waals surface area contributed by atoms with Crippen LogP contribution in [0.1, 0.15) is 38.9 Å². The molecular weight excluding hydrogens is 556 g/mol. The molecule has 0 saturated carbocycles. The molecule has 0 aliphatic carbocycles. The van der Waals surface area contributed by atoms with Gasteiger partial charge in [0.2, 0.25) is 5.91 Å². The van der Waals surface area contributed by atoms with Crippen LogP contribution in [-0.4, -0.2) is 28.9 Å². The van der Waals surface area contributed by atoms with E-state index in [1.165, 1.54) is 23.1 Å². The fraction of sp³-hybridized carbons (Fsp3) is 0.0968. The van der Waals surface area contributed by atoms with Gasteiger partial charge in [0, 0.05) is 21.0 Å². The normalized spacial score (nSPS) is 11.8. The van der Waals surface area contributed by atoms with E-state index in [0.717, 1.165) is 9.77 Å². The number of carbonyl (C=O) groups excluding carboxylic acids is 4. The van der Waals surface area contributed by atoms with Crippen molar-refractivity contribution in [3.8, 4) is 0 Å². The summed E-state index contributed by atoms with van der Waals surface area (Å²) in [6.07, 6.45) is 2.14. The highest BCUT2D eigenvalue weighted by atomic mass is 32.2. The number of nitrogens with one attached hydrogen (secondary N) is 3. The molecule has 1 unspecified atom stereocenters. The molecule has 0 spiro atoms. The zero-order valence-corrected chi connectivity index (χ0v) is 23.8. The minimum Gasteiger partial charge on any atom is -0.366 e. The van der Waals surface area contributed by atoms with Crippen LogP contribution >= 0.6 is 23.1 Å². The van der Waals surface area contributed by atoms with Gasteiger partial charge in [0.15, 0.2) is 0 Å². The van der Waals surface area contributed by atoms with Gasteiger partial charge in [-0.1, -0.05) is 49.4 Å². The van der Waals surface area contributed by atoms with Crippen molar-refractivity contribution in [1.82, 2.24) is 5.32 Å². The lowest BCUT2D eigenvalue weighted by molar-refractivity contribution is -0.116. The standard InChI is InChI=1S/C31H28N4O4S2/c1-2-27(31(39)34-25-16-7-6-15-24(25)28(32)36)41-23-13-8-12-21(18-23)33-30(38)26(19-22-14-9-17-40-22)35-29(37)20-10-4-3-5-11-20/h3-19,27H,2H2,1H3,(H2,32,36)(H,33,38)(H,34,39)(H,35,37)/b26-19+. The Hall–Kier alpha value is -4.67. The van der Waals surface area contributed by atoms with Crippen LogP contribution in [0.25, 0.3) is 6.08 Å². The van der Waals surface area contributed by atoms with Gasteiger partial charge in [-0.15, -0.1) is 23.1 Å². The zero-order chi connectivity index (χ0) is 29.2. The van der Waals surface area contributed by atoms with Crippen molar-refractivity contribution in [3.05, 3.63) is 118 Å². The molecule has 8 nitrogen and oxygen atoms in total. The molecule has 41 heavy (non-hydrogen) atoms. The highest BCUT2D eigenvalue weighted by Gasteiger charge is 2.21. The molecule has 0 fully saturated rings. The third kappa shape index (κ3) is 8.17. The second-order valence-electron chi connectivity index (χ2n) is 8.79. The highest BCUT2D eigenvalue weighted by Crippen LogP contribution is 2.29. The molecule has 1 heterocycles. The Morgan fingerprint density at radius 1 is 0.902 bits per heavy atom. The van der Waals surface area contributed by atoms with Gasteiger partial charge in [0.05, 0.1) is 16.5 Å². The maximum Gasteiger partial charge on any atom is 0.272 e. The van der Waals surface area contributed by atoms with Gasteiger partial charge in [-0.05, 0) is 66.4 Å². The number of hydrogen-bond acceptors (Lipinski definition) is 6. The molecule has 208 valence electrons. The van der Waals surface area contributed by atoms with Crippen molar-refractivity contribution < 1.29 is 19.2 Å². The van der Waals surface area contributed by atoms with E-state index in [1.807, 2.05) is 36.6 Å². The molecule has 5 N–H and O–H groups in total. The van der Waals surface area contributed by atoms with Crippen molar-refractivity contribution in [2.75, 3.05) is 10.6 Å². The minimum atomic E-state index is -0.627. The topological polar surface area (TPSA) is 130 Å². The fourth-order valence-corrected chi connectivity index (χ4v) is 5.48. The molecule has 4 aromatic rings. The number of carbonyl (C=O) groups is 4. The SMILES string of the molecule is CCC(Sc1cccc(NC(=O)/C(=C\c2cccs2)NC(=O)c2ccccc2)c1)C(=O)Nc1ccccc1C(N)=O. The van der Waals surface area contributed by atoms with Gasteiger partial charge < -0.3 is 21.7 Å². The number of benzene rings is 3. The summed E-state index contributed by atoms with van der Waals surface area (Å²) in [6.45, 7) is 1.89. The van der Waals surface area contributed by atoms with Gasteiger partial charge in [-0.2, -0.15) is 0 Å². The summed E-state index contributed by atoms with van der Waals surface area (Å²) in [5.41, 5.74) is 7.05. The maximum absolute atomic E-state index is 13.3. The molecule has 0 aliphatic rings. The molecule has 4 amide bonds. The second-order valence-corrected chi connectivity index (χ2v) is 11.0. The number of thioether (sulfide) groups is 1. The molecule has 0 saturated heterocycles. The number of rotatable bonds is 11. The molecule has 1 aromatic heterocycles. The molecule has 4 rings (SSSR count). The largest absolute Gasteiger partial charge is 0.366 e. The van der Waals surface area contributed by atoms with E-state index >= 15 is 0 Å². The Bertz CT molecular complexity index is 1570. The number of amides is 4. The lowest BCUT2D eigenvalue weighted by atomic mass is 10.1. The summed E-state index contributed by atoms with van der Waals surface area (Å²) in [6, 6.07) is 26.0. The lowest BCUT2D eigenvalue weighted by Gasteiger charge is -2.17. The molecular formula is C31H28N4O4S2. The summed E-state index contributed by atoms with van der Waals surface area (Å²) in [5, 5.41) is 9.79. The highest BCUT2D eigenvalue weighted by molar-refractivity contribution is 8.00. The van der Waals surface area contributed by atoms with Crippen molar-refractivity contribution in [1.29, 1.82) is 0 Å². The van der Waals surface area contributed by atoms with E-state index in [1.54, 1.807) is 72.8 Å². The third-order valence-corrected chi connectivity index (χ3v) is 8.02. The Balaban J connectivity index is 1.47. The minimum absolute atomic E-state index is 0.0956. The first-order valence-electron chi connectivity index (χ1n) is 12.7. The summed E-state index contributed by atoms with van der Waals surface area (Å²) < 4.78 is 0. The maximum atomic E-state index is 13.3. The summed E-state index contributed by atoms with van der Waals surface area (Å²) in [5.74, 6) is -1.79. The molecule has 1 atom stereocenters. The Morgan fingerprint density at radius 3 is 2.37 bits per heavy atom. The van der Waals surface area contributed by atoms with Crippen LogP contribution in [0.4, 0.5) is 11.4 Å². The molecule has 0 aliphatic heterocycles. The van der Waals surface area contributed by atoms with Gasteiger partial charge in [0.25, 0.3) is 17.7 Å². The van der Waals surface area contributed by atoms with Crippen LogP contribution in [-0.2, 0) is 9.59 Å². The van der Waals surface area contributed by atoms with Crippen LogP contribution in [0.2, 0.25) is 0 Å². The molecule has 10 heteroatoms. The van der Waals surface area contributed by atoms with Crippen LogP contribution < -0.4 is 21.7 Å². The van der Waals surface area contributed by atoms with Crippen molar-refractivity contribution >= 4 is 64.2 Å². The molecule has 3 aromatic carbocycles. The van der Waals surface area contributed by atoms with Crippen molar-refractivity contribution in [2.24, 2.45) is 5.73 Å². The number of para-hydroxylation sites is 1. The Labute approximate surface area is 246 Å². The smallest absolute Gasteiger partial charge is 0.272 e. The lowest BCUT2D eigenvalue weighted by Crippen LogP contribution is -2.30. The van der Waals surface area contributed by atoms with Crippen LogP contribution in [0.15, 0.2) is 107 Å². The number of nitrogens with two attached hydrogens (primary N) is 1. The van der Waals surface area contributed by atoms with Gasteiger partial charge >= 0.3 is 0 Å². The monoisotopic (exact) mass is 584 g/mol. The number of thiophene rings is 1. The van der Waals surface area contributed by atoms with E-state index in [9.17, 15) is 19.2 Å². The Morgan fingerprint density at radius 2 is 1.66 bits per heavy atom.